The minimum absolute atomic E-state index is 0.0787. The third kappa shape index (κ3) is 4.87. The number of rotatable bonds is 8. The van der Waals surface area contributed by atoms with Crippen molar-refractivity contribution in [3.63, 3.8) is 0 Å². The summed E-state index contributed by atoms with van der Waals surface area (Å²) in [6.45, 7) is 4.23. The van der Waals surface area contributed by atoms with E-state index in [0.717, 1.165) is 33.4 Å². The molecule has 0 atom stereocenters. The third-order valence-corrected chi connectivity index (χ3v) is 6.69. The number of nitrogens with one attached hydrogen (secondary N) is 1. The second-order valence-electron chi connectivity index (χ2n) is 7.40. The van der Waals surface area contributed by atoms with Gasteiger partial charge in [0, 0.05) is 5.69 Å². The number of hydrogen-bond acceptors (Lipinski definition) is 6. The molecule has 8 heteroatoms. The van der Waals surface area contributed by atoms with Crippen LogP contribution in [0.1, 0.15) is 25.3 Å². The number of aromatic nitrogens is 3. The van der Waals surface area contributed by atoms with Crippen LogP contribution in [0.4, 0.5) is 5.69 Å². The highest BCUT2D eigenvalue weighted by Crippen LogP contribution is 2.31. The lowest BCUT2D eigenvalue weighted by molar-refractivity contribution is -0.113. The summed E-state index contributed by atoms with van der Waals surface area (Å²) in [5.41, 5.74) is 2.88. The predicted octanol–water partition coefficient (Wildman–Crippen LogP) is 5.86. The molecule has 32 heavy (non-hydrogen) atoms. The first-order chi connectivity index (χ1) is 15.6. The molecule has 4 rings (SSSR count). The molecule has 1 N–H and O–H groups in total. The van der Waals surface area contributed by atoms with Gasteiger partial charge >= 0.3 is 0 Å². The lowest BCUT2D eigenvalue weighted by atomic mass is 10.0. The van der Waals surface area contributed by atoms with E-state index in [1.54, 1.807) is 18.4 Å². The topological polar surface area (TPSA) is 69.0 Å². The van der Waals surface area contributed by atoms with Gasteiger partial charge < -0.3 is 10.1 Å². The van der Waals surface area contributed by atoms with Crippen molar-refractivity contribution in [2.75, 3.05) is 18.2 Å². The Morgan fingerprint density at radius 1 is 1.09 bits per heavy atom. The zero-order chi connectivity index (χ0) is 22.5. The van der Waals surface area contributed by atoms with Crippen LogP contribution in [0.15, 0.2) is 71.2 Å². The van der Waals surface area contributed by atoms with Crippen LogP contribution in [0, 0.1) is 0 Å². The maximum Gasteiger partial charge on any atom is 0.234 e. The normalized spacial score (nSPS) is 11.0. The van der Waals surface area contributed by atoms with Gasteiger partial charge in [0.2, 0.25) is 5.91 Å². The van der Waals surface area contributed by atoms with Gasteiger partial charge in [-0.15, -0.1) is 21.5 Å². The van der Waals surface area contributed by atoms with Gasteiger partial charge in [0.15, 0.2) is 11.0 Å². The molecular formula is C24H24N4O2S2. The predicted molar refractivity (Wildman–Crippen MR) is 131 cm³/mol. The number of nitrogens with zero attached hydrogens (tertiary/aromatic N) is 3. The molecule has 0 spiro atoms. The molecular weight excluding hydrogens is 440 g/mol. The number of carbonyl (C=O) groups is 1. The average molecular weight is 465 g/mol. The summed E-state index contributed by atoms with van der Waals surface area (Å²) in [6, 6.07) is 19.6. The summed E-state index contributed by atoms with van der Waals surface area (Å²) >= 11 is 2.96. The zero-order valence-electron chi connectivity index (χ0n) is 18.1. The first-order valence-corrected chi connectivity index (χ1v) is 12.1. The van der Waals surface area contributed by atoms with E-state index in [9.17, 15) is 4.79 Å². The molecule has 0 saturated heterocycles. The van der Waals surface area contributed by atoms with Gasteiger partial charge in [-0.3, -0.25) is 9.36 Å². The Bertz CT molecular complexity index is 1190. The Kier molecular flexibility index (Phi) is 6.92. The second kappa shape index (κ2) is 10.0. The van der Waals surface area contributed by atoms with Crippen LogP contribution in [-0.2, 0) is 4.79 Å². The van der Waals surface area contributed by atoms with E-state index in [1.165, 1.54) is 11.8 Å². The Morgan fingerprint density at radius 2 is 1.88 bits per heavy atom. The molecule has 0 fully saturated rings. The first-order valence-electron chi connectivity index (χ1n) is 10.2. The molecule has 0 aliphatic heterocycles. The highest BCUT2D eigenvalue weighted by molar-refractivity contribution is 7.99. The minimum Gasteiger partial charge on any atom is -0.497 e. The second-order valence-corrected chi connectivity index (χ2v) is 9.29. The van der Waals surface area contributed by atoms with Gasteiger partial charge in [0.05, 0.1) is 23.4 Å². The average Bonchev–Trinajstić information content (AvgIpc) is 3.48. The van der Waals surface area contributed by atoms with Crippen LogP contribution in [0.25, 0.3) is 16.4 Å². The summed E-state index contributed by atoms with van der Waals surface area (Å²) in [5.74, 6) is 2.00. The number of benzene rings is 2. The number of methoxy groups -OCH3 is 1. The van der Waals surface area contributed by atoms with E-state index in [0.29, 0.717) is 11.1 Å². The van der Waals surface area contributed by atoms with Gasteiger partial charge in [0.1, 0.15) is 5.75 Å². The van der Waals surface area contributed by atoms with E-state index < -0.39 is 0 Å². The molecule has 164 valence electrons. The summed E-state index contributed by atoms with van der Waals surface area (Å²) in [6.07, 6.45) is 0. The van der Waals surface area contributed by atoms with E-state index in [1.807, 2.05) is 70.6 Å². The molecule has 6 nitrogen and oxygen atoms in total. The number of ether oxygens (including phenoxy) is 1. The molecule has 1 amide bonds. The van der Waals surface area contributed by atoms with Crippen molar-refractivity contribution in [2.45, 2.75) is 24.9 Å². The molecule has 0 radical (unpaired) electrons. The number of thioether (sulfide) groups is 1. The zero-order valence-corrected chi connectivity index (χ0v) is 19.7. The van der Waals surface area contributed by atoms with Gasteiger partial charge in [-0.05, 0) is 53.3 Å². The smallest absolute Gasteiger partial charge is 0.234 e. The monoisotopic (exact) mass is 464 g/mol. The molecule has 2 heterocycles. The Hall–Kier alpha value is -3.10. The van der Waals surface area contributed by atoms with Crippen molar-refractivity contribution in [3.05, 3.63) is 71.6 Å². The fraction of sp³-hybridized carbons (Fsp3) is 0.208. The number of thiophene rings is 1. The molecule has 0 aliphatic carbocycles. The summed E-state index contributed by atoms with van der Waals surface area (Å²) in [4.78, 5) is 13.7. The highest BCUT2D eigenvalue weighted by atomic mass is 32.2. The van der Waals surface area contributed by atoms with Gasteiger partial charge in [-0.1, -0.05) is 49.9 Å². The van der Waals surface area contributed by atoms with Gasteiger partial charge in [0.25, 0.3) is 0 Å². The number of amides is 1. The van der Waals surface area contributed by atoms with Gasteiger partial charge in [-0.25, -0.2) is 0 Å². The Morgan fingerprint density at radius 3 is 2.56 bits per heavy atom. The van der Waals surface area contributed by atoms with Crippen LogP contribution in [-0.4, -0.2) is 33.5 Å². The summed E-state index contributed by atoms with van der Waals surface area (Å²) in [5, 5.41) is 14.5. The largest absolute Gasteiger partial charge is 0.497 e. The van der Waals surface area contributed by atoms with Crippen molar-refractivity contribution in [1.82, 2.24) is 14.8 Å². The van der Waals surface area contributed by atoms with Crippen molar-refractivity contribution in [1.29, 1.82) is 0 Å². The molecule has 0 saturated carbocycles. The maximum absolute atomic E-state index is 12.7. The molecule has 2 aromatic heterocycles. The van der Waals surface area contributed by atoms with Crippen LogP contribution < -0.4 is 10.1 Å². The standard InChI is InChI=1S/C24H24N4O2S2/c1-16(2)19-7-4-5-8-20(19)25-22(29)15-32-24-27-26-23(21-9-6-14-31-21)28(24)17-10-12-18(30-3)13-11-17/h4-14,16H,15H2,1-3H3,(H,25,29). The fourth-order valence-electron chi connectivity index (χ4n) is 3.32. The SMILES string of the molecule is COc1ccc(-n2c(SCC(=O)Nc3ccccc3C(C)C)nnc2-c2cccs2)cc1. The highest BCUT2D eigenvalue weighted by Gasteiger charge is 2.18. The number of hydrogen-bond donors (Lipinski definition) is 1. The fourth-order valence-corrected chi connectivity index (χ4v) is 4.77. The van der Waals surface area contributed by atoms with Crippen LogP contribution in [0.3, 0.4) is 0 Å². The van der Waals surface area contributed by atoms with E-state index in [-0.39, 0.29) is 11.7 Å². The van der Waals surface area contributed by atoms with Crippen molar-refractivity contribution < 1.29 is 9.53 Å². The molecule has 4 aromatic rings. The Balaban J connectivity index is 1.57. The summed E-state index contributed by atoms with van der Waals surface area (Å²) in [7, 11) is 1.64. The summed E-state index contributed by atoms with van der Waals surface area (Å²) < 4.78 is 7.26. The minimum atomic E-state index is -0.0787. The number of carbonyl (C=O) groups excluding carboxylic acids is 1. The van der Waals surface area contributed by atoms with Crippen LogP contribution in [0.5, 0.6) is 5.75 Å². The van der Waals surface area contributed by atoms with Crippen LogP contribution >= 0.6 is 23.1 Å². The van der Waals surface area contributed by atoms with Crippen molar-refractivity contribution in [2.24, 2.45) is 0 Å². The van der Waals surface area contributed by atoms with Crippen LogP contribution in [0.2, 0.25) is 0 Å². The number of para-hydroxylation sites is 1. The first kappa shape index (κ1) is 22.1. The van der Waals surface area contributed by atoms with E-state index in [4.69, 9.17) is 4.74 Å². The van der Waals surface area contributed by atoms with Gasteiger partial charge in [-0.2, -0.15) is 0 Å². The lowest BCUT2D eigenvalue weighted by Gasteiger charge is -2.14. The lowest BCUT2D eigenvalue weighted by Crippen LogP contribution is -2.16. The molecule has 2 aromatic carbocycles. The van der Waals surface area contributed by atoms with E-state index in [2.05, 4.69) is 29.4 Å². The molecule has 0 bridgehead atoms. The Labute approximate surface area is 195 Å². The molecule has 0 aliphatic rings. The third-order valence-electron chi connectivity index (χ3n) is 4.89. The number of anilines is 1. The maximum atomic E-state index is 12.7. The van der Waals surface area contributed by atoms with Crippen molar-refractivity contribution in [3.8, 4) is 22.1 Å². The molecule has 0 unspecified atom stereocenters. The van der Waals surface area contributed by atoms with E-state index >= 15 is 0 Å². The van der Waals surface area contributed by atoms with Crippen molar-refractivity contribution >= 4 is 34.7 Å². The quantitative estimate of drug-likeness (QED) is 0.331.